The van der Waals surface area contributed by atoms with E-state index in [4.69, 9.17) is 5.11 Å². The molecule has 17 heavy (non-hydrogen) atoms. The summed E-state index contributed by atoms with van der Waals surface area (Å²) in [5.74, 6) is -1.58. The highest BCUT2D eigenvalue weighted by atomic mass is 16.4. The van der Waals surface area contributed by atoms with Gasteiger partial charge in [0.15, 0.2) is 0 Å². The lowest BCUT2D eigenvalue weighted by Crippen LogP contribution is -2.27. The molecule has 0 bridgehead atoms. The second kappa shape index (κ2) is 4.20. The Morgan fingerprint density at radius 2 is 1.94 bits per heavy atom. The number of carboxylic acid groups (broad SMARTS) is 1. The standard InChI is InChI=1S/C13H15NO3/c1-8-4-3-5-9(2)12(8)14-7-10(13(16)17)6-11(14)15/h3-5,10H,6-7H2,1-2H3,(H,16,17)/t10-/m0/s1. The van der Waals surface area contributed by atoms with E-state index < -0.39 is 11.9 Å². The summed E-state index contributed by atoms with van der Waals surface area (Å²) in [6.45, 7) is 4.15. The van der Waals surface area contributed by atoms with Gasteiger partial charge >= 0.3 is 5.97 Å². The smallest absolute Gasteiger partial charge is 0.308 e. The van der Waals surface area contributed by atoms with Crippen molar-refractivity contribution in [3.63, 3.8) is 0 Å². The Labute approximate surface area is 99.9 Å². The van der Waals surface area contributed by atoms with Gasteiger partial charge in [-0.1, -0.05) is 18.2 Å². The van der Waals surface area contributed by atoms with Crippen LogP contribution in [0.4, 0.5) is 5.69 Å². The van der Waals surface area contributed by atoms with Crippen LogP contribution in [0.15, 0.2) is 18.2 Å². The van der Waals surface area contributed by atoms with E-state index in [9.17, 15) is 9.59 Å². The van der Waals surface area contributed by atoms with Crippen molar-refractivity contribution in [2.75, 3.05) is 11.4 Å². The zero-order valence-corrected chi connectivity index (χ0v) is 9.93. The Kier molecular flexibility index (Phi) is 2.88. The van der Waals surface area contributed by atoms with Crippen LogP contribution in [0.25, 0.3) is 0 Å². The molecule has 2 rings (SSSR count). The lowest BCUT2D eigenvalue weighted by molar-refractivity contribution is -0.141. The highest BCUT2D eigenvalue weighted by Gasteiger charge is 2.35. The summed E-state index contributed by atoms with van der Waals surface area (Å²) in [7, 11) is 0. The molecular formula is C13H15NO3. The van der Waals surface area contributed by atoms with Gasteiger partial charge in [-0.15, -0.1) is 0 Å². The fraction of sp³-hybridized carbons (Fsp3) is 0.385. The number of hydrogen-bond acceptors (Lipinski definition) is 2. The number of anilines is 1. The van der Waals surface area contributed by atoms with E-state index in [1.165, 1.54) is 0 Å². The zero-order chi connectivity index (χ0) is 12.6. The SMILES string of the molecule is Cc1cccc(C)c1N1C[C@@H](C(=O)O)CC1=O. The van der Waals surface area contributed by atoms with E-state index in [2.05, 4.69) is 0 Å². The molecular weight excluding hydrogens is 218 g/mol. The predicted octanol–water partition coefficient (Wildman–Crippen LogP) is 1.74. The maximum Gasteiger partial charge on any atom is 0.308 e. The molecule has 1 N–H and O–H groups in total. The van der Waals surface area contributed by atoms with Gasteiger partial charge in [0.05, 0.1) is 5.92 Å². The fourth-order valence-electron chi connectivity index (χ4n) is 2.32. The number of carboxylic acids is 1. The molecule has 1 fully saturated rings. The third-order valence-electron chi connectivity index (χ3n) is 3.18. The Morgan fingerprint density at radius 3 is 2.41 bits per heavy atom. The van der Waals surface area contributed by atoms with Gasteiger partial charge in [-0.05, 0) is 25.0 Å². The van der Waals surface area contributed by atoms with Crippen molar-refractivity contribution < 1.29 is 14.7 Å². The number of hydrogen-bond donors (Lipinski definition) is 1. The van der Waals surface area contributed by atoms with E-state index in [0.29, 0.717) is 0 Å². The molecule has 0 aromatic heterocycles. The first-order chi connectivity index (χ1) is 8.00. The van der Waals surface area contributed by atoms with Crippen molar-refractivity contribution in [3.05, 3.63) is 29.3 Å². The van der Waals surface area contributed by atoms with Crippen molar-refractivity contribution >= 4 is 17.6 Å². The normalized spacial score (nSPS) is 19.8. The highest BCUT2D eigenvalue weighted by molar-refractivity contribution is 6.00. The fourth-order valence-corrected chi connectivity index (χ4v) is 2.32. The minimum atomic E-state index is -0.896. The number of carbonyl (C=O) groups excluding carboxylic acids is 1. The first-order valence-corrected chi connectivity index (χ1v) is 5.60. The highest BCUT2D eigenvalue weighted by Crippen LogP contribution is 2.30. The molecule has 0 aliphatic carbocycles. The van der Waals surface area contributed by atoms with Crippen LogP contribution in [-0.2, 0) is 9.59 Å². The number of benzene rings is 1. The van der Waals surface area contributed by atoms with Crippen LogP contribution in [0.2, 0.25) is 0 Å². The second-order valence-electron chi connectivity index (χ2n) is 4.48. The molecule has 1 aromatic rings. The maximum atomic E-state index is 11.9. The van der Waals surface area contributed by atoms with Crippen molar-refractivity contribution in [1.29, 1.82) is 0 Å². The molecule has 1 amide bonds. The number of rotatable bonds is 2. The average Bonchev–Trinajstić information content (AvgIpc) is 2.61. The van der Waals surface area contributed by atoms with Crippen molar-refractivity contribution in [2.24, 2.45) is 5.92 Å². The van der Waals surface area contributed by atoms with Crippen LogP contribution in [0.5, 0.6) is 0 Å². The minimum absolute atomic E-state index is 0.100. The molecule has 1 heterocycles. The van der Waals surface area contributed by atoms with Gasteiger partial charge in [0.25, 0.3) is 0 Å². The molecule has 4 heteroatoms. The Bertz CT molecular complexity index is 461. The van der Waals surface area contributed by atoms with Crippen LogP contribution in [0.1, 0.15) is 17.5 Å². The molecule has 0 saturated carbocycles. The third kappa shape index (κ3) is 2.02. The maximum absolute atomic E-state index is 11.9. The predicted molar refractivity (Wildman–Crippen MR) is 64.0 cm³/mol. The van der Waals surface area contributed by atoms with Crippen LogP contribution < -0.4 is 4.90 Å². The topological polar surface area (TPSA) is 57.6 Å². The largest absolute Gasteiger partial charge is 0.481 e. The number of nitrogens with zero attached hydrogens (tertiary/aromatic N) is 1. The minimum Gasteiger partial charge on any atom is -0.481 e. The van der Waals surface area contributed by atoms with E-state index in [0.717, 1.165) is 16.8 Å². The molecule has 1 saturated heterocycles. The zero-order valence-electron chi connectivity index (χ0n) is 9.93. The summed E-state index contributed by atoms with van der Waals surface area (Å²) in [5, 5.41) is 8.96. The summed E-state index contributed by atoms with van der Waals surface area (Å²) in [4.78, 5) is 24.4. The average molecular weight is 233 g/mol. The van der Waals surface area contributed by atoms with Crippen LogP contribution >= 0.6 is 0 Å². The lowest BCUT2D eigenvalue weighted by Gasteiger charge is -2.21. The Hall–Kier alpha value is -1.84. The quantitative estimate of drug-likeness (QED) is 0.846. The van der Waals surface area contributed by atoms with Crippen LogP contribution in [0, 0.1) is 19.8 Å². The van der Waals surface area contributed by atoms with Gasteiger partial charge in [-0.25, -0.2) is 0 Å². The molecule has 1 atom stereocenters. The molecule has 1 aromatic carbocycles. The van der Waals surface area contributed by atoms with Crippen LogP contribution in [0.3, 0.4) is 0 Å². The lowest BCUT2D eigenvalue weighted by atomic mass is 10.1. The summed E-state index contributed by atoms with van der Waals surface area (Å²) < 4.78 is 0. The second-order valence-corrected chi connectivity index (χ2v) is 4.48. The summed E-state index contributed by atoms with van der Waals surface area (Å²) in [6, 6.07) is 5.80. The van der Waals surface area contributed by atoms with Gasteiger partial charge in [0, 0.05) is 18.7 Å². The molecule has 4 nitrogen and oxygen atoms in total. The van der Waals surface area contributed by atoms with E-state index in [1.54, 1.807) is 4.90 Å². The number of carbonyl (C=O) groups is 2. The van der Waals surface area contributed by atoms with Crippen molar-refractivity contribution in [1.82, 2.24) is 0 Å². The third-order valence-corrected chi connectivity index (χ3v) is 3.18. The molecule has 90 valence electrons. The van der Waals surface area contributed by atoms with Gasteiger partial charge in [0.1, 0.15) is 0 Å². The first kappa shape index (κ1) is 11.6. The molecule has 1 aliphatic heterocycles. The molecule has 0 spiro atoms. The van der Waals surface area contributed by atoms with Crippen molar-refractivity contribution in [3.8, 4) is 0 Å². The van der Waals surface area contributed by atoms with E-state index >= 15 is 0 Å². The summed E-state index contributed by atoms with van der Waals surface area (Å²) >= 11 is 0. The van der Waals surface area contributed by atoms with Gasteiger partial charge in [0.2, 0.25) is 5.91 Å². The van der Waals surface area contributed by atoms with E-state index in [1.807, 2.05) is 32.0 Å². The summed E-state index contributed by atoms with van der Waals surface area (Å²) in [6.07, 6.45) is 0.100. The monoisotopic (exact) mass is 233 g/mol. The molecule has 0 unspecified atom stereocenters. The number of aryl methyl sites for hydroxylation is 2. The Balaban J connectivity index is 2.35. The van der Waals surface area contributed by atoms with Crippen molar-refractivity contribution in [2.45, 2.75) is 20.3 Å². The Morgan fingerprint density at radius 1 is 1.35 bits per heavy atom. The number of para-hydroxylation sites is 1. The summed E-state index contributed by atoms with van der Waals surface area (Å²) in [5.41, 5.74) is 2.87. The van der Waals surface area contributed by atoms with E-state index in [-0.39, 0.29) is 18.9 Å². The van der Waals surface area contributed by atoms with Gasteiger partial charge in [-0.2, -0.15) is 0 Å². The van der Waals surface area contributed by atoms with Gasteiger partial charge < -0.3 is 10.0 Å². The number of aliphatic carboxylic acids is 1. The molecule has 1 aliphatic rings. The molecule has 0 radical (unpaired) electrons. The number of amides is 1. The van der Waals surface area contributed by atoms with Crippen LogP contribution in [-0.4, -0.2) is 23.5 Å². The van der Waals surface area contributed by atoms with Gasteiger partial charge in [-0.3, -0.25) is 9.59 Å². The first-order valence-electron chi connectivity index (χ1n) is 5.60.